The predicted octanol–water partition coefficient (Wildman–Crippen LogP) is 8.05. The van der Waals surface area contributed by atoms with E-state index >= 15 is 0 Å². The molecule has 1 radical (unpaired) electrons. The maximum atomic E-state index is 4.85. The molecule has 0 N–H and O–H groups in total. The average molecular weight is 752 g/mol. The van der Waals surface area contributed by atoms with Crippen molar-refractivity contribution in [1.82, 2.24) is 14.5 Å². The summed E-state index contributed by atoms with van der Waals surface area (Å²) < 4.78 is 2.36. The summed E-state index contributed by atoms with van der Waals surface area (Å²) in [5.74, 6) is 0. The summed E-state index contributed by atoms with van der Waals surface area (Å²) in [5, 5.41) is 5.34. The van der Waals surface area contributed by atoms with Gasteiger partial charge in [-0.15, -0.1) is 59.7 Å². The molecule has 0 spiro atoms. The average Bonchev–Trinajstić information content (AvgIpc) is 3.39. The van der Waals surface area contributed by atoms with Gasteiger partial charge < -0.3 is 14.5 Å². The summed E-state index contributed by atoms with van der Waals surface area (Å²) in [7, 11) is -1.74. The molecule has 215 valence electrons. The number of aromatic nitrogens is 3. The number of benzene rings is 4. The Morgan fingerprint density at radius 2 is 1.40 bits per heavy atom. The van der Waals surface area contributed by atoms with Gasteiger partial charge in [-0.2, -0.15) is 0 Å². The van der Waals surface area contributed by atoms with Gasteiger partial charge in [-0.1, -0.05) is 96.5 Å². The molecular formula is C38H33IrN3Si-2. The van der Waals surface area contributed by atoms with Gasteiger partial charge in [0.25, 0.3) is 0 Å². The number of fused-ring (bicyclic) bond motifs is 3. The third kappa shape index (κ3) is 6.30. The molecule has 3 heterocycles. The van der Waals surface area contributed by atoms with E-state index in [2.05, 4.69) is 127 Å². The first kappa shape index (κ1) is 30.3. The van der Waals surface area contributed by atoms with Crippen LogP contribution in [0.5, 0.6) is 0 Å². The van der Waals surface area contributed by atoms with Crippen LogP contribution < -0.4 is 10.4 Å². The molecule has 7 aromatic rings. The molecule has 0 atom stereocenters. The summed E-state index contributed by atoms with van der Waals surface area (Å²) in [5.41, 5.74) is 6.55. The van der Waals surface area contributed by atoms with Crippen LogP contribution in [0.25, 0.3) is 44.3 Å². The molecule has 0 fully saturated rings. The number of pyridine rings is 2. The molecule has 0 aliphatic carbocycles. The van der Waals surface area contributed by atoms with E-state index in [-0.39, 0.29) is 20.1 Å². The Morgan fingerprint density at radius 1 is 0.651 bits per heavy atom. The van der Waals surface area contributed by atoms with E-state index in [4.69, 9.17) is 4.98 Å². The predicted molar refractivity (Wildman–Crippen MR) is 179 cm³/mol. The molecule has 7 rings (SSSR count). The number of para-hydroxylation sites is 1. The van der Waals surface area contributed by atoms with Crippen molar-refractivity contribution >= 4 is 40.3 Å². The summed E-state index contributed by atoms with van der Waals surface area (Å²) >= 11 is 0. The first-order valence-corrected chi connectivity index (χ1v) is 17.4. The Hall–Kier alpha value is -4.15. The Bertz CT molecular complexity index is 1880. The summed E-state index contributed by atoms with van der Waals surface area (Å²) in [6, 6.07) is 48.5. The molecule has 43 heavy (non-hydrogen) atoms. The summed E-state index contributed by atoms with van der Waals surface area (Å²) in [6.45, 7) is 7.91. The van der Waals surface area contributed by atoms with E-state index in [1.165, 1.54) is 32.2 Å². The largest absolute Gasteiger partial charge is 0.381 e. The molecule has 4 aromatic carbocycles. The number of aryl methyl sites for hydroxylation is 1. The second-order valence-electron chi connectivity index (χ2n) is 10.8. The fourth-order valence-corrected chi connectivity index (χ4v) is 7.74. The van der Waals surface area contributed by atoms with Gasteiger partial charge in [-0.05, 0) is 46.5 Å². The molecule has 0 saturated heterocycles. The number of hydrogen-bond acceptors (Lipinski definition) is 2. The van der Waals surface area contributed by atoms with Crippen LogP contribution in [-0.4, -0.2) is 22.6 Å². The molecule has 0 saturated carbocycles. The van der Waals surface area contributed by atoms with E-state index in [1.54, 1.807) is 6.20 Å². The minimum Gasteiger partial charge on any atom is -0.381 e. The van der Waals surface area contributed by atoms with Crippen molar-refractivity contribution in [2.75, 3.05) is 0 Å². The van der Waals surface area contributed by atoms with Crippen molar-refractivity contribution in [3.8, 4) is 22.5 Å². The molecule has 0 unspecified atom stereocenters. The number of rotatable bonds is 5. The minimum atomic E-state index is -1.74. The smallest absolute Gasteiger partial charge is 0.114 e. The summed E-state index contributed by atoms with van der Waals surface area (Å²) in [6.07, 6.45) is 3.86. The Kier molecular flexibility index (Phi) is 9.47. The van der Waals surface area contributed by atoms with Gasteiger partial charge in [0.2, 0.25) is 0 Å². The van der Waals surface area contributed by atoms with Crippen LogP contribution in [0, 0.1) is 12.1 Å². The van der Waals surface area contributed by atoms with Gasteiger partial charge >= 0.3 is 0 Å². The maximum Gasteiger partial charge on any atom is 0.114 e. The quantitative estimate of drug-likeness (QED) is 0.132. The first-order valence-electron chi connectivity index (χ1n) is 14.4. The molecule has 5 heteroatoms. The SMILES string of the molecule is CCn1c2c[c-]c(-c3ccc([Si](C)(C)c4ccccc4)cn3)cc2c2ccccc21.[Ir].[c-]1ccccc1-c1ccccn1. The van der Waals surface area contributed by atoms with Crippen LogP contribution in [0.3, 0.4) is 0 Å². The van der Waals surface area contributed by atoms with Gasteiger partial charge in [-0.3, -0.25) is 0 Å². The van der Waals surface area contributed by atoms with Crippen molar-refractivity contribution < 1.29 is 20.1 Å². The van der Waals surface area contributed by atoms with Crippen molar-refractivity contribution in [2.45, 2.75) is 26.6 Å². The normalized spacial score (nSPS) is 11.0. The zero-order valence-electron chi connectivity index (χ0n) is 24.6. The van der Waals surface area contributed by atoms with E-state index in [9.17, 15) is 0 Å². The molecule has 0 amide bonds. The van der Waals surface area contributed by atoms with Crippen molar-refractivity contribution in [1.29, 1.82) is 0 Å². The van der Waals surface area contributed by atoms with Crippen LogP contribution in [0.2, 0.25) is 13.1 Å². The zero-order valence-corrected chi connectivity index (χ0v) is 28.0. The number of hydrogen-bond donors (Lipinski definition) is 0. The van der Waals surface area contributed by atoms with Gasteiger partial charge in [-0.25, -0.2) is 0 Å². The van der Waals surface area contributed by atoms with E-state index < -0.39 is 8.07 Å². The zero-order chi connectivity index (χ0) is 28.9. The maximum absolute atomic E-state index is 4.85. The van der Waals surface area contributed by atoms with Crippen LogP contribution >= 0.6 is 0 Å². The second-order valence-corrected chi connectivity index (χ2v) is 15.2. The third-order valence-corrected chi connectivity index (χ3v) is 11.4. The van der Waals surface area contributed by atoms with Crippen LogP contribution in [0.1, 0.15) is 6.92 Å². The molecule has 0 bridgehead atoms. The van der Waals surface area contributed by atoms with Gasteiger partial charge in [0, 0.05) is 44.6 Å². The molecule has 0 aliphatic heterocycles. The third-order valence-electron chi connectivity index (χ3n) is 7.93. The van der Waals surface area contributed by atoms with Crippen molar-refractivity contribution in [3.63, 3.8) is 0 Å². The van der Waals surface area contributed by atoms with E-state index in [0.29, 0.717) is 0 Å². The standard InChI is InChI=1S/C27H25N2Si.C11H8N.Ir/c1-4-29-26-13-9-8-12-23(26)24-18-20(14-17-27(24)29)25-16-15-22(19-28-25)30(2,3)21-10-6-5-7-11-21;1-2-6-10(7-3-1)11-8-4-5-9-12-11;/h5-13,15-19H,4H2,1-3H3;1-6,8-9H;/q2*-1;. The molecule has 0 aliphatic rings. The first-order chi connectivity index (χ1) is 20.6. The van der Waals surface area contributed by atoms with Crippen LogP contribution in [0.15, 0.2) is 134 Å². The second kappa shape index (κ2) is 13.4. The topological polar surface area (TPSA) is 30.7 Å². The van der Waals surface area contributed by atoms with Crippen LogP contribution in [-0.2, 0) is 26.7 Å². The molecule has 3 nitrogen and oxygen atoms in total. The van der Waals surface area contributed by atoms with Crippen molar-refractivity contribution in [3.05, 3.63) is 146 Å². The van der Waals surface area contributed by atoms with Gasteiger partial charge in [0.05, 0.1) is 0 Å². The Balaban J connectivity index is 0.000000238. The van der Waals surface area contributed by atoms with E-state index in [1.807, 2.05) is 42.5 Å². The summed E-state index contributed by atoms with van der Waals surface area (Å²) in [4.78, 5) is 9.07. The van der Waals surface area contributed by atoms with E-state index in [0.717, 1.165) is 29.1 Å². The molecular weight excluding hydrogens is 719 g/mol. The Morgan fingerprint density at radius 3 is 2.09 bits per heavy atom. The Labute approximate surface area is 268 Å². The van der Waals surface area contributed by atoms with Crippen LogP contribution in [0.4, 0.5) is 0 Å². The van der Waals surface area contributed by atoms with Gasteiger partial charge in [0.1, 0.15) is 8.07 Å². The van der Waals surface area contributed by atoms with Gasteiger partial charge in [0.15, 0.2) is 0 Å². The van der Waals surface area contributed by atoms with Crippen molar-refractivity contribution in [2.24, 2.45) is 0 Å². The molecule has 3 aromatic heterocycles. The number of nitrogens with zero attached hydrogens (tertiary/aromatic N) is 3. The monoisotopic (exact) mass is 752 g/mol. The fourth-order valence-electron chi connectivity index (χ4n) is 5.50. The fraction of sp³-hybridized carbons (Fsp3) is 0.105. The minimum absolute atomic E-state index is 0.